The molecule has 0 saturated heterocycles. The molecule has 0 aliphatic carbocycles. The number of carbonyl (C=O) groups is 2. The number of nitrogens with zero attached hydrogens (tertiary/aromatic N) is 1. The standard InChI is InChI=1S/C13H14BrN3O3/c1-8(2-5-12(18)19)16-13(20)17-11-4-3-10(14)6-9(11)7-15/h3-4,6,8H,2,5H2,1H3,(H,18,19)(H2,16,17,20). The van der Waals surface area contributed by atoms with E-state index in [2.05, 4.69) is 26.6 Å². The van der Waals surface area contributed by atoms with Crippen molar-refractivity contribution in [3.05, 3.63) is 28.2 Å². The van der Waals surface area contributed by atoms with Gasteiger partial charge in [0.25, 0.3) is 0 Å². The number of carbonyl (C=O) groups excluding carboxylic acids is 1. The van der Waals surface area contributed by atoms with Gasteiger partial charge in [0.05, 0.1) is 11.3 Å². The van der Waals surface area contributed by atoms with Crippen LogP contribution in [0, 0.1) is 11.3 Å². The van der Waals surface area contributed by atoms with Gasteiger partial charge in [-0.25, -0.2) is 4.79 Å². The average molecular weight is 340 g/mol. The highest BCUT2D eigenvalue weighted by molar-refractivity contribution is 9.10. The van der Waals surface area contributed by atoms with Gasteiger partial charge >= 0.3 is 12.0 Å². The average Bonchev–Trinajstić information content (AvgIpc) is 2.38. The number of carboxylic acids is 1. The van der Waals surface area contributed by atoms with Crippen molar-refractivity contribution in [3.63, 3.8) is 0 Å². The largest absolute Gasteiger partial charge is 0.481 e. The van der Waals surface area contributed by atoms with Crippen LogP contribution in [-0.4, -0.2) is 23.1 Å². The fourth-order valence-electron chi connectivity index (χ4n) is 1.51. The molecule has 0 aromatic heterocycles. The van der Waals surface area contributed by atoms with Gasteiger partial charge in [-0.15, -0.1) is 0 Å². The smallest absolute Gasteiger partial charge is 0.319 e. The first-order chi connectivity index (χ1) is 9.42. The molecule has 7 heteroatoms. The Balaban J connectivity index is 2.59. The highest BCUT2D eigenvalue weighted by Gasteiger charge is 2.11. The van der Waals surface area contributed by atoms with Crippen molar-refractivity contribution in [3.8, 4) is 6.07 Å². The van der Waals surface area contributed by atoms with Gasteiger partial charge in [0, 0.05) is 16.9 Å². The summed E-state index contributed by atoms with van der Waals surface area (Å²) in [5.74, 6) is -0.904. The Kier molecular flexibility index (Phi) is 6.00. The number of anilines is 1. The number of benzene rings is 1. The Bertz CT molecular complexity index is 554. The Morgan fingerprint density at radius 3 is 2.80 bits per heavy atom. The molecule has 3 N–H and O–H groups in total. The molecule has 20 heavy (non-hydrogen) atoms. The maximum atomic E-state index is 11.7. The summed E-state index contributed by atoms with van der Waals surface area (Å²) in [5, 5.41) is 22.7. The van der Waals surface area contributed by atoms with Crippen molar-refractivity contribution in [2.24, 2.45) is 0 Å². The van der Waals surface area contributed by atoms with E-state index in [1.165, 1.54) is 0 Å². The van der Waals surface area contributed by atoms with Crippen LogP contribution in [0.4, 0.5) is 10.5 Å². The van der Waals surface area contributed by atoms with Crippen molar-refractivity contribution >= 4 is 33.6 Å². The number of nitriles is 1. The minimum absolute atomic E-state index is 0.0107. The molecule has 1 rings (SSSR count). The SMILES string of the molecule is CC(CCC(=O)O)NC(=O)Nc1ccc(Br)cc1C#N. The van der Waals surface area contributed by atoms with E-state index >= 15 is 0 Å². The zero-order valence-electron chi connectivity index (χ0n) is 10.8. The predicted molar refractivity (Wildman–Crippen MR) is 77.3 cm³/mol. The molecular weight excluding hydrogens is 326 g/mol. The Morgan fingerprint density at radius 1 is 1.50 bits per heavy atom. The van der Waals surface area contributed by atoms with Crippen molar-refractivity contribution in [2.45, 2.75) is 25.8 Å². The maximum Gasteiger partial charge on any atom is 0.319 e. The van der Waals surface area contributed by atoms with Crippen molar-refractivity contribution < 1.29 is 14.7 Å². The van der Waals surface area contributed by atoms with Crippen LogP contribution in [0.15, 0.2) is 22.7 Å². The second-order valence-corrected chi connectivity index (χ2v) is 5.15. The Labute approximate surface area is 124 Å². The molecule has 0 spiro atoms. The Hall–Kier alpha value is -2.07. The van der Waals surface area contributed by atoms with Gasteiger partial charge in [0.2, 0.25) is 0 Å². The molecule has 1 aromatic rings. The first-order valence-electron chi connectivity index (χ1n) is 5.91. The molecule has 1 unspecified atom stereocenters. The molecule has 1 atom stereocenters. The quantitative estimate of drug-likeness (QED) is 0.767. The molecule has 1 aromatic carbocycles. The van der Waals surface area contributed by atoms with Gasteiger partial charge in [-0.05, 0) is 31.5 Å². The summed E-state index contributed by atoms with van der Waals surface area (Å²) in [4.78, 5) is 22.2. The van der Waals surface area contributed by atoms with Crippen LogP contribution in [-0.2, 0) is 4.79 Å². The predicted octanol–water partition coefficient (Wildman–Crippen LogP) is 2.70. The van der Waals surface area contributed by atoms with E-state index in [1.807, 2.05) is 6.07 Å². The fourth-order valence-corrected chi connectivity index (χ4v) is 1.87. The first kappa shape index (κ1) is 16.0. The topological polar surface area (TPSA) is 102 Å². The number of nitrogens with one attached hydrogen (secondary N) is 2. The van der Waals surface area contributed by atoms with Crippen molar-refractivity contribution in [1.29, 1.82) is 5.26 Å². The van der Waals surface area contributed by atoms with Gasteiger partial charge in [0.15, 0.2) is 0 Å². The molecule has 0 aliphatic heterocycles. The van der Waals surface area contributed by atoms with Crippen molar-refractivity contribution in [1.82, 2.24) is 5.32 Å². The van der Waals surface area contributed by atoms with Crippen LogP contribution >= 0.6 is 15.9 Å². The number of rotatable bonds is 5. The number of aliphatic carboxylic acids is 1. The van der Waals surface area contributed by atoms with E-state index in [-0.39, 0.29) is 12.5 Å². The molecular formula is C13H14BrN3O3. The van der Waals surface area contributed by atoms with Gasteiger partial charge in [-0.1, -0.05) is 15.9 Å². The lowest BCUT2D eigenvalue weighted by Gasteiger charge is -2.14. The maximum absolute atomic E-state index is 11.7. The first-order valence-corrected chi connectivity index (χ1v) is 6.70. The normalized spacial score (nSPS) is 11.2. The molecule has 0 saturated carbocycles. The number of hydrogen-bond acceptors (Lipinski definition) is 3. The summed E-state index contributed by atoms with van der Waals surface area (Å²) in [6.45, 7) is 1.72. The van der Waals surface area contributed by atoms with Gasteiger partial charge in [-0.3, -0.25) is 4.79 Å². The van der Waals surface area contributed by atoms with E-state index < -0.39 is 12.0 Å². The monoisotopic (exact) mass is 339 g/mol. The molecule has 0 radical (unpaired) electrons. The van der Waals surface area contributed by atoms with E-state index in [0.717, 1.165) is 4.47 Å². The van der Waals surface area contributed by atoms with Crippen molar-refractivity contribution in [2.75, 3.05) is 5.32 Å². The number of hydrogen-bond donors (Lipinski definition) is 3. The van der Waals surface area contributed by atoms with E-state index in [0.29, 0.717) is 17.7 Å². The number of carboxylic acid groups (broad SMARTS) is 1. The van der Waals surface area contributed by atoms with Crippen LogP contribution < -0.4 is 10.6 Å². The van der Waals surface area contributed by atoms with Gasteiger partial charge in [0.1, 0.15) is 6.07 Å². The lowest BCUT2D eigenvalue weighted by Crippen LogP contribution is -2.36. The summed E-state index contributed by atoms with van der Waals surface area (Å²) < 4.78 is 0.745. The summed E-state index contributed by atoms with van der Waals surface area (Å²) in [5.41, 5.74) is 0.742. The highest BCUT2D eigenvalue weighted by Crippen LogP contribution is 2.20. The van der Waals surface area contributed by atoms with Gasteiger partial charge in [-0.2, -0.15) is 5.26 Å². The molecule has 0 bridgehead atoms. The fraction of sp³-hybridized carbons (Fsp3) is 0.308. The third-order valence-corrected chi connectivity index (χ3v) is 3.01. The summed E-state index contributed by atoms with van der Waals surface area (Å²) >= 11 is 3.24. The van der Waals surface area contributed by atoms with Crippen LogP contribution in [0.3, 0.4) is 0 Å². The van der Waals surface area contributed by atoms with Crippen LogP contribution in [0.5, 0.6) is 0 Å². The van der Waals surface area contributed by atoms with Crippen LogP contribution in [0.2, 0.25) is 0 Å². The van der Waals surface area contributed by atoms with Gasteiger partial charge < -0.3 is 15.7 Å². The second-order valence-electron chi connectivity index (χ2n) is 4.23. The van der Waals surface area contributed by atoms with Crippen LogP contribution in [0.1, 0.15) is 25.3 Å². The molecule has 0 heterocycles. The minimum Gasteiger partial charge on any atom is -0.481 e. The van der Waals surface area contributed by atoms with E-state index in [9.17, 15) is 9.59 Å². The van der Waals surface area contributed by atoms with E-state index in [1.54, 1.807) is 25.1 Å². The lowest BCUT2D eigenvalue weighted by molar-refractivity contribution is -0.137. The zero-order valence-corrected chi connectivity index (χ0v) is 12.4. The molecule has 6 nitrogen and oxygen atoms in total. The number of halogens is 1. The number of urea groups is 1. The highest BCUT2D eigenvalue weighted by atomic mass is 79.9. The Morgan fingerprint density at radius 2 is 2.20 bits per heavy atom. The van der Waals surface area contributed by atoms with E-state index in [4.69, 9.17) is 10.4 Å². The third-order valence-electron chi connectivity index (χ3n) is 2.52. The summed E-state index contributed by atoms with van der Waals surface area (Å²) in [7, 11) is 0. The molecule has 0 fully saturated rings. The minimum atomic E-state index is -0.904. The third kappa shape index (κ3) is 5.28. The zero-order chi connectivity index (χ0) is 15.1. The second kappa shape index (κ2) is 7.50. The summed E-state index contributed by atoms with van der Waals surface area (Å²) in [6, 6.07) is 6.17. The van der Waals surface area contributed by atoms with Crippen LogP contribution in [0.25, 0.3) is 0 Å². The number of amides is 2. The molecule has 2 amide bonds. The summed E-state index contributed by atoms with van der Waals surface area (Å²) in [6.07, 6.45) is 0.331. The molecule has 0 aliphatic rings. The molecule has 106 valence electrons. The lowest BCUT2D eigenvalue weighted by atomic mass is 10.2.